The Balaban J connectivity index is 1.16. The van der Waals surface area contributed by atoms with Gasteiger partial charge < -0.3 is 14.8 Å². The van der Waals surface area contributed by atoms with Crippen LogP contribution in [0.4, 0.5) is 0 Å². The number of methoxy groups -OCH3 is 1. The number of hydrogen-bond acceptors (Lipinski definition) is 4. The van der Waals surface area contributed by atoms with Crippen LogP contribution in [0.1, 0.15) is 55.2 Å². The van der Waals surface area contributed by atoms with Gasteiger partial charge in [0.1, 0.15) is 5.75 Å². The highest BCUT2D eigenvalue weighted by atomic mass is 16.5. The summed E-state index contributed by atoms with van der Waals surface area (Å²) in [6.45, 7) is 4.92. The van der Waals surface area contributed by atoms with E-state index in [9.17, 15) is 4.79 Å². The molecule has 5 rings (SSSR count). The molecule has 3 aromatic rings. The zero-order valence-electron chi connectivity index (χ0n) is 22.0. The fourth-order valence-corrected chi connectivity index (χ4v) is 5.85. The molecular weight excluding hydrogens is 460 g/mol. The van der Waals surface area contributed by atoms with E-state index in [1.807, 2.05) is 36.4 Å². The van der Waals surface area contributed by atoms with E-state index in [1.54, 1.807) is 7.11 Å². The first-order valence-corrected chi connectivity index (χ1v) is 13.6. The molecule has 0 bridgehead atoms. The van der Waals surface area contributed by atoms with E-state index in [2.05, 4.69) is 53.5 Å². The van der Waals surface area contributed by atoms with Crippen molar-refractivity contribution in [2.75, 3.05) is 20.2 Å². The van der Waals surface area contributed by atoms with Crippen LogP contribution in [0.3, 0.4) is 0 Å². The van der Waals surface area contributed by atoms with E-state index in [0.29, 0.717) is 5.75 Å². The minimum atomic E-state index is -0.354. The van der Waals surface area contributed by atoms with Gasteiger partial charge in [0.2, 0.25) is 5.91 Å². The molecule has 0 radical (unpaired) electrons. The Morgan fingerprint density at radius 3 is 2.35 bits per heavy atom. The number of nitrogens with zero attached hydrogens (tertiary/aromatic N) is 1. The summed E-state index contributed by atoms with van der Waals surface area (Å²) in [6, 6.07) is 24.8. The first-order chi connectivity index (χ1) is 18.1. The quantitative estimate of drug-likeness (QED) is 0.391. The third-order valence-electron chi connectivity index (χ3n) is 8.02. The number of benzene rings is 3. The monoisotopic (exact) mass is 498 g/mol. The molecule has 0 aromatic heterocycles. The Kier molecular flexibility index (Phi) is 7.80. The molecule has 3 aromatic carbocycles. The summed E-state index contributed by atoms with van der Waals surface area (Å²) in [4.78, 5) is 16.0. The molecule has 1 saturated carbocycles. The maximum absolute atomic E-state index is 13.6. The highest BCUT2D eigenvalue weighted by molar-refractivity contribution is 5.88. The first-order valence-electron chi connectivity index (χ1n) is 13.6. The van der Waals surface area contributed by atoms with Crippen molar-refractivity contribution in [3.8, 4) is 17.2 Å². The van der Waals surface area contributed by atoms with E-state index >= 15 is 0 Å². The molecule has 1 amide bonds. The van der Waals surface area contributed by atoms with Gasteiger partial charge in [-0.05, 0) is 68.0 Å². The topological polar surface area (TPSA) is 50.8 Å². The Morgan fingerprint density at radius 2 is 1.65 bits per heavy atom. The lowest BCUT2D eigenvalue weighted by Crippen LogP contribution is -2.50. The summed E-state index contributed by atoms with van der Waals surface area (Å²) in [7, 11) is 1.65. The second-order valence-corrected chi connectivity index (χ2v) is 10.6. The first kappa shape index (κ1) is 25.3. The van der Waals surface area contributed by atoms with Crippen LogP contribution >= 0.6 is 0 Å². The lowest BCUT2D eigenvalue weighted by molar-refractivity contribution is -0.127. The van der Waals surface area contributed by atoms with Gasteiger partial charge in [-0.1, -0.05) is 66.9 Å². The van der Waals surface area contributed by atoms with Gasteiger partial charge in [-0.3, -0.25) is 9.69 Å². The highest BCUT2D eigenvalue weighted by Gasteiger charge is 2.43. The van der Waals surface area contributed by atoms with E-state index in [-0.39, 0.29) is 17.4 Å². The maximum atomic E-state index is 13.6. The van der Waals surface area contributed by atoms with Gasteiger partial charge in [0.25, 0.3) is 0 Å². The number of para-hydroxylation sites is 2. The average molecular weight is 499 g/mol. The predicted molar refractivity (Wildman–Crippen MR) is 147 cm³/mol. The van der Waals surface area contributed by atoms with Crippen LogP contribution < -0.4 is 14.8 Å². The summed E-state index contributed by atoms with van der Waals surface area (Å²) >= 11 is 0. The second-order valence-electron chi connectivity index (χ2n) is 10.6. The van der Waals surface area contributed by atoms with Gasteiger partial charge in [-0.15, -0.1) is 0 Å². The van der Waals surface area contributed by atoms with Gasteiger partial charge in [-0.25, -0.2) is 0 Å². The van der Waals surface area contributed by atoms with E-state index in [1.165, 1.54) is 16.7 Å². The number of carbonyl (C=O) groups excluding carboxylic acids is 1. The molecule has 194 valence electrons. The summed E-state index contributed by atoms with van der Waals surface area (Å²) < 4.78 is 11.5. The lowest BCUT2D eigenvalue weighted by Gasteiger charge is -2.35. The van der Waals surface area contributed by atoms with Crippen molar-refractivity contribution >= 4 is 5.91 Å². The van der Waals surface area contributed by atoms with Crippen molar-refractivity contribution in [1.29, 1.82) is 0 Å². The Morgan fingerprint density at radius 1 is 0.946 bits per heavy atom. The standard InChI is InChI=1S/C32H38N2O3/c1-24-12-14-26(15-13-24)32(18-5-6-19-32)31(35)33-27-16-20-34(21-17-27)23-25-8-7-9-28(22-25)37-30-11-4-3-10-29(30)36-2/h3-4,7-15,22,27H,5-6,16-21,23H2,1-2H3,(H,33,35). The van der Waals surface area contributed by atoms with Crippen LogP contribution in [0.15, 0.2) is 72.8 Å². The lowest BCUT2D eigenvalue weighted by atomic mass is 9.77. The maximum Gasteiger partial charge on any atom is 0.230 e. The molecule has 1 heterocycles. The normalized spacial score (nSPS) is 17.9. The molecule has 5 heteroatoms. The number of rotatable bonds is 8. The van der Waals surface area contributed by atoms with Crippen molar-refractivity contribution in [2.24, 2.45) is 0 Å². The van der Waals surface area contributed by atoms with Crippen molar-refractivity contribution < 1.29 is 14.3 Å². The number of piperidine rings is 1. The molecule has 1 N–H and O–H groups in total. The van der Waals surface area contributed by atoms with Crippen LogP contribution in [0, 0.1) is 6.92 Å². The van der Waals surface area contributed by atoms with Gasteiger partial charge in [0.05, 0.1) is 12.5 Å². The zero-order chi connectivity index (χ0) is 25.7. The van der Waals surface area contributed by atoms with Crippen molar-refractivity contribution in [1.82, 2.24) is 10.2 Å². The smallest absolute Gasteiger partial charge is 0.230 e. The summed E-state index contributed by atoms with van der Waals surface area (Å²) in [5.74, 6) is 2.47. The molecule has 2 aliphatic rings. The van der Waals surface area contributed by atoms with E-state index < -0.39 is 0 Å². The third-order valence-corrected chi connectivity index (χ3v) is 8.02. The molecule has 1 aliphatic carbocycles. The summed E-state index contributed by atoms with van der Waals surface area (Å²) in [5.41, 5.74) is 3.29. The fourth-order valence-electron chi connectivity index (χ4n) is 5.85. The molecule has 0 spiro atoms. The van der Waals surface area contributed by atoms with Crippen LogP contribution in [0.2, 0.25) is 0 Å². The average Bonchev–Trinajstić information content (AvgIpc) is 3.42. The van der Waals surface area contributed by atoms with Crippen molar-refractivity contribution in [3.63, 3.8) is 0 Å². The van der Waals surface area contributed by atoms with Gasteiger partial charge >= 0.3 is 0 Å². The molecule has 5 nitrogen and oxygen atoms in total. The van der Waals surface area contributed by atoms with Crippen LogP contribution in [-0.2, 0) is 16.8 Å². The summed E-state index contributed by atoms with van der Waals surface area (Å²) in [5, 5.41) is 3.45. The fraction of sp³-hybridized carbons (Fsp3) is 0.406. The van der Waals surface area contributed by atoms with Gasteiger partial charge in [0, 0.05) is 25.7 Å². The van der Waals surface area contributed by atoms with Crippen LogP contribution in [0.25, 0.3) is 0 Å². The van der Waals surface area contributed by atoms with Crippen LogP contribution in [0.5, 0.6) is 17.2 Å². The number of ether oxygens (including phenoxy) is 2. The number of carbonyl (C=O) groups is 1. The Labute approximate surface area is 220 Å². The largest absolute Gasteiger partial charge is 0.493 e. The highest BCUT2D eigenvalue weighted by Crippen LogP contribution is 2.41. The number of aryl methyl sites for hydroxylation is 1. The summed E-state index contributed by atoms with van der Waals surface area (Å²) in [6.07, 6.45) is 6.11. The number of likely N-dealkylation sites (tertiary alicyclic amines) is 1. The number of nitrogens with one attached hydrogen (secondary N) is 1. The minimum absolute atomic E-state index is 0.230. The second kappa shape index (κ2) is 11.4. The van der Waals surface area contributed by atoms with Crippen LogP contribution in [-0.4, -0.2) is 37.0 Å². The molecule has 2 fully saturated rings. The minimum Gasteiger partial charge on any atom is -0.493 e. The molecular formula is C32H38N2O3. The Hall–Kier alpha value is -3.31. The van der Waals surface area contributed by atoms with Crippen molar-refractivity contribution in [2.45, 2.75) is 63.5 Å². The molecule has 0 unspecified atom stereocenters. The predicted octanol–water partition coefficient (Wildman–Crippen LogP) is 6.39. The number of hydrogen-bond donors (Lipinski definition) is 1. The SMILES string of the molecule is COc1ccccc1Oc1cccc(CN2CCC(NC(=O)C3(c4ccc(C)cc4)CCCC3)CC2)c1. The van der Waals surface area contributed by atoms with E-state index in [4.69, 9.17) is 9.47 Å². The molecule has 37 heavy (non-hydrogen) atoms. The number of amides is 1. The van der Waals surface area contributed by atoms with Gasteiger partial charge in [-0.2, -0.15) is 0 Å². The Bertz CT molecular complexity index is 1190. The third kappa shape index (κ3) is 5.83. The molecule has 1 aliphatic heterocycles. The van der Waals surface area contributed by atoms with Gasteiger partial charge in [0.15, 0.2) is 11.5 Å². The zero-order valence-corrected chi connectivity index (χ0v) is 22.0. The van der Waals surface area contributed by atoms with E-state index in [0.717, 1.165) is 69.7 Å². The molecule has 1 saturated heterocycles. The molecule has 0 atom stereocenters. The van der Waals surface area contributed by atoms with Crippen molar-refractivity contribution in [3.05, 3.63) is 89.5 Å².